The van der Waals surface area contributed by atoms with Gasteiger partial charge >= 0.3 is 0 Å². The highest BCUT2D eigenvalue weighted by Gasteiger charge is 2.50. The van der Waals surface area contributed by atoms with E-state index < -0.39 is 0 Å². The predicted molar refractivity (Wildman–Crippen MR) is 285 cm³/mol. The number of aromatic nitrogens is 1. The molecule has 6 heterocycles. The fourth-order valence-electron chi connectivity index (χ4n) is 11.5. The smallest absolute Gasteiger partial charge is 0.297 e. The van der Waals surface area contributed by atoms with E-state index in [1.54, 1.807) is 0 Å². The minimum absolute atomic E-state index is 0.0308. The summed E-state index contributed by atoms with van der Waals surface area (Å²) in [6, 6.07) is 45.3. The second-order valence-electron chi connectivity index (χ2n) is 23.8. The molecule has 13 rings (SSSR count). The normalized spacial score (nSPS) is 14.4. The number of rotatable bonds is 1. The molecule has 3 aliphatic heterocycles. The fraction of sp³-hybridized carbons (Fsp3) is 0.262. The lowest BCUT2D eigenvalue weighted by atomic mass is 9.35. The van der Waals surface area contributed by atoms with Crippen LogP contribution in [0.3, 0.4) is 0 Å². The van der Waals surface area contributed by atoms with E-state index in [-0.39, 0.29) is 28.4 Å². The molecule has 68 heavy (non-hydrogen) atoms. The van der Waals surface area contributed by atoms with Gasteiger partial charge in [0.1, 0.15) is 16.7 Å². The first-order chi connectivity index (χ1) is 32.2. The number of hydrogen-bond acceptors (Lipinski definition) is 5. The molecule has 0 bridgehead atoms. The van der Waals surface area contributed by atoms with Crippen molar-refractivity contribution in [3.63, 3.8) is 0 Å². The van der Waals surface area contributed by atoms with E-state index in [4.69, 9.17) is 8.83 Å². The molecule has 0 aliphatic carbocycles. The summed E-state index contributed by atoms with van der Waals surface area (Å²) in [6.07, 6.45) is 0. The van der Waals surface area contributed by atoms with Crippen LogP contribution in [0, 0.1) is 11.3 Å². The summed E-state index contributed by atoms with van der Waals surface area (Å²) in [4.78, 5) is 4.88. The highest BCUT2D eigenvalue weighted by atomic mass is 16.3. The van der Waals surface area contributed by atoms with Gasteiger partial charge in [0.05, 0.1) is 51.1 Å². The summed E-state index contributed by atoms with van der Waals surface area (Å²) in [5.74, 6) is 0. The summed E-state index contributed by atoms with van der Waals surface area (Å²) in [7, 11) is 0. The number of nitriles is 1. The minimum atomic E-state index is -0.288. The average Bonchev–Trinajstić information content (AvgIpc) is 3.96. The Morgan fingerprint density at radius 1 is 0.471 bits per heavy atom. The van der Waals surface area contributed by atoms with Crippen molar-refractivity contribution in [3.05, 3.63) is 143 Å². The zero-order chi connectivity index (χ0) is 47.3. The molecular weight excluding hydrogens is 832 g/mol. The first-order valence-corrected chi connectivity index (χ1v) is 24.2. The number of para-hydroxylation sites is 1. The van der Waals surface area contributed by atoms with Gasteiger partial charge in [-0.1, -0.05) is 119 Å². The molecular formula is C61H55BN4O2. The standard InChI is InChI=1S/C61H55BN4O2/c1-58(2,3)34-17-21-45-41(25-34)42-27-36(60(7,8)9)29-48-54(42)65(45)49-30-37(61(10,11)12)28-44-56(49)66(48)47-24-33(32-63)23-46-53(47)62(44)57-55(43-26-35(59(4,5)6)18-22-51(43)68-57)64(46)38-19-20-40-39-15-13-14-16-50(39)67-52(40)31-38/h13-31H,1-12H3. The van der Waals surface area contributed by atoms with Gasteiger partial charge in [0.2, 0.25) is 0 Å². The van der Waals surface area contributed by atoms with Crippen molar-refractivity contribution in [1.82, 2.24) is 4.57 Å². The van der Waals surface area contributed by atoms with Gasteiger partial charge in [-0.15, -0.1) is 0 Å². The maximum atomic E-state index is 11.1. The number of anilines is 6. The highest BCUT2D eigenvalue weighted by Crippen LogP contribution is 2.55. The van der Waals surface area contributed by atoms with Crippen LogP contribution in [0.2, 0.25) is 0 Å². The number of hydrogen-bond donors (Lipinski definition) is 0. The Morgan fingerprint density at radius 3 is 1.78 bits per heavy atom. The van der Waals surface area contributed by atoms with Gasteiger partial charge in [0, 0.05) is 50.1 Å². The Balaban J connectivity index is 1.21. The van der Waals surface area contributed by atoms with Crippen LogP contribution in [-0.4, -0.2) is 11.3 Å². The Morgan fingerprint density at radius 2 is 1.07 bits per heavy atom. The second-order valence-corrected chi connectivity index (χ2v) is 23.8. The molecule has 0 fully saturated rings. The number of fused-ring (bicyclic) bond motifs is 14. The van der Waals surface area contributed by atoms with E-state index in [9.17, 15) is 5.26 Å². The summed E-state index contributed by atoms with van der Waals surface area (Å²) >= 11 is 0. The van der Waals surface area contributed by atoms with Crippen molar-refractivity contribution in [2.24, 2.45) is 0 Å². The van der Waals surface area contributed by atoms with Crippen molar-refractivity contribution in [2.45, 2.75) is 105 Å². The Kier molecular flexibility index (Phi) is 7.90. The predicted octanol–water partition coefficient (Wildman–Crippen LogP) is 14.9. The maximum absolute atomic E-state index is 11.1. The molecule has 6 nitrogen and oxygen atoms in total. The van der Waals surface area contributed by atoms with Gasteiger partial charge in [0.15, 0.2) is 0 Å². The van der Waals surface area contributed by atoms with E-state index in [1.807, 2.05) is 12.1 Å². The van der Waals surface area contributed by atoms with E-state index in [2.05, 4.69) is 207 Å². The van der Waals surface area contributed by atoms with Gasteiger partial charge in [-0.25, -0.2) is 0 Å². The Labute approximate surface area is 398 Å². The average molecular weight is 887 g/mol. The van der Waals surface area contributed by atoms with Gasteiger partial charge in [-0.3, -0.25) is 0 Å². The molecule has 3 aromatic heterocycles. The zero-order valence-corrected chi connectivity index (χ0v) is 41.2. The topological polar surface area (TPSA) is 61.5 Å². The molecule has 0 amide bonds. The highest BCUT2D eigenvalue weighted by molar-refractivity contribution is 7.00. The third kappa shape index (κ3) is 5.52. The molecule has 7 aromatic carbocycles. The second kappa shape index (κ2) is 13.1. The first kappa shape index (κ1) is 41.1. The molecule has 0 saturated carbocycles. The van der Waals surface area contributed by atoms with Gasteiger partial charge in [-0.05, 0) is 128 Å². The SMILES string of the molecule is CC(C)(C)c1cc2c3c(c1)-n1c4ccc(C(C)(C)C)cc4c4cc(C(C)(C)C)cc(c41)N3c1cc(C#N)cc3c1B2c1oc2ccc(C(C)(C)C)cc2c1N3c1ccc2c(c1)oc1ccccc12. The van der Waals surface area contributed by atoms with Crippen molar-refractivity contribution in [3.8, 4) is 11.8 Å². The fourth-order valence-corrected chi connectivity index (χ4v) is 11.5. The first-order valence-electron chi connectivity index (χ1n) is 24.2. The lowest BCUT2D eigenvalue weighted by molar-refractivity contribution is 0.589. The Bertz CT molecular complexity index is 3940. The molecule has 0 atom stereocenters. The van der Waals surface area contributed by atoms with Crippen LogP contribution in [0.25, 0.3) is 60.4 Å². The van der Waals surface area contributed by atoms with E-state index in [1.165, 1.54) is 49.5 Å². The lowest BCUT2D eigenvalue weighted by Gasteiger charge is -2.45. The molecule has 0 unspecified atom stereocenters. The van der Waals surface area contributed by atoms with Crippen molar-refractivity contribution in [2.75, 3.05) is 9.80 Å². The van der Waals surface area contributed by atoms with Crippen LogP contribution < -0.4 is 26.4 Å². The lowest BCUT2D eigenvalue weighted by Crippen LogP contribution is -2.61. The van der Waals surface area contributed by atoms with Gasteiger partial charge < -0.3 is 23.2 Å². The summed E-state index contributed by atoms with van der Waals surface area (Å²) in [6.45, 7) is 27.3. The van der Waals surface area contributed by atoms with Crippen LogP contribution in [0.4, 0.5) is 34.1 Å². The van der Waals surface area contributed by atoms with E-state index in [0.29, 0.717) is 5.56 Å². The zero-order valence-electron chi connectivity index (χ0n) is 41.2. The Hall–Kier alpha value is -7.17. The number of benzene rings is 7. The van der Waals surface area contributed by atoms with E-state index >= 15 is 0 Å². The van der Waals surface area contributed by atoms with Crippen LogP contribution in [0.15, 0.2) is 124 Å². The summed E-state index contributed by atoms with van der Waals surface area (Å²) in [5.41, 5.74) is 20.6. The van der Waals surface area contributed by atoms with Crippen LogP contribution in [0.1, 0.15) is 111 Å². The minimum Gasteiger partial charge on any atom is -0.468 e. The van der Waals surface area contributed by atoms with E-state index in [0.717, 1.165) is 83.8 Å². The van der Waals surface area contributed by atoms with Crippen LogP contribution in [0.5, 0.6) is 0 Å². The van der Waals surface area contributed by atoms with Crippen molar-refractivity contribution >= 4 is 112 Å². The monoisotopic (exact) mass is 886 g/mol. The molecule has 7 heteroatoms. The molecule has 10 aromatic rings. The van der Waals surface area contributed by atoms with Gasteiger partial charge in [0.25, 0.3) is 6.71 Å². The molecule has 334 valence electrons. The third-order valence-electron chi connectivity index (χ3n) is 15.3. The molecule has 0 N–H and O–H groups in total. The molecule has 0 saturated heterocycles. The van der Waals surface area contributed by atoms with Crippen molar-refractivity contribution < 1.29 is 8.83 Å². The summed E-state index contributed by atoms with van der Waals surface area (Å²) < 4.78 is 16.6. The van der Waals surface area contributed by atoms with Gasteiger partial charge in [-0.2, -0.15) is 5.26 Å². The van der Waals surface area contributed by atoms with Crippen molar-refractivity contribution in [1.29, 1.82) is 5.26 Å². The molecule has 0 radical (unpaired) electrons. The number of nitrogens with zero attached hydrogens (tertiary/aromatic N) is 4. The number of furan rings is 2. The largest absolute Gasteiger partial charge is 0.468 e. The molecule has 0 spiro atoms. The summed E-state index contributed by atoms with van der Waals surface area (Å²) in [5, 5.41) is 16.8. The third-order valence-corrected chi connectivity index (χ3v) is 15.3. The molecule has 3 aliphatic rings. The van der Waals surface area contributed by atoms with Crippen LogP contribution in [-0.2, 0) is 21.7 Å². The maximum Gasteiger partial charge on any atom is 0.297 e. The quantitative estimate of drug-likeness (QED) is 0.154. The van der Waals surface area contributed by atoms with Crippen LogP contribution >= 0.6 is 0 Å².